The maximum atomic E-state index is 13.7. The molecule has 0 saturated carbocycles. The lowest BCUT2D eigenvalue weighted by molar-refractivity contribution is -0.206. The van der Waals surface area contributed by atoms with E-state index in [1.54, 1.807) is 43.6 Å². The van der Waals surface area contributed by atoms with Gasteiger partial charge < -0.3 is 14.2 Å². The highest BCUT2D eigenvalue weighted by molar-refractivity contribution is 5.93. The lowest BCUT2D eigenvalue weighted by Crippen LogP contribution is -2.34. The van der Waals surface area contributed by atoms with E-state index < -0.39 is 24.2 Å². The molecule has 3 aromatic rings. The van der Waals surface area contributed by atoms with Crippen LogP contribution in [0.1, 0.15) is 162 Å². The van der Waals surface area contributed by atoms with Crippen molar-refractivity contribution in [3.05, 3.63) is 71.5 Å². The van der Waals surface area contributed by atoms with Crippen molar-refractivity contribution in [3.63, 3.8) is 0 Å². The summed E-state index contributed by atoms with van der Waals surface area (Å²) in [6.45, 7) is 6.56. The van der Waals surface area contributed by atoms with Crippen molar-refractivity contribution in [2.24, 2.45) is 0 Å². The molecule has 0 fully saturated rings. The molecule has 2 aromatic carbocycles. The van der Waals surface area contributed by atoms with Crippen LogP contribution in [0.4, 0.5) is 13.2 Å². The highest BCUT2D eigenvalue weighted by Crippen LogP contribution is 2.29. The number of aromatic nitrogens is 2. The molecule has 0 bridgehead atoms. The largest absolute Gasteiger partial charge is 0.490 e. The van der Waals surface area contributed by atoms with Crippen molar-refractivity contribution in [1.82, 2.24) is 9.97 Å². The minimum atomic E-state index is -4.66. The molecule has 0 spiro atoms. The number of unbranched alkanes of at least 4 members (excludes halogenated alkanes) is 16. The number of alkyl halides is 3. The first-order valence-corrected chi connectivity index (χ1v) is 19.8. The predicted octanol–water partition coefficient (Wildman–Crippen LogP) is 12.6. The fourth-order valence-electron chi connectivity index (χ4n) is 6.12. The molecule has 0 radical (unpaired) electrons. The summed E-state index contributed by atoms with van der Waals surface area (Å²) in [6, 6.07) is 10.7. The smallest absolute Gasteiger partial charge is 0.425 e. The van der Waals surface area contributed by atoms with Crippen LogP contribution >= 0.6 is 0 Å². The van der Waals surface area contributed by atoms with Crippen LogP contribution in [0, 0.1) is 6.92 Å². The van der Waals surface area contributed by atoms with Crippen LogP contribution < -0.4 is 9.47 Å². The standard InChI is InChI=1S/C43H59F3N2O5/c1-4-6-8-10-12-14-15-17-19-21-29-51-37-31-47-40(48-32-37)34-23-25-35(26-24-34)41(49)52-36-27-28-38(33(3)30-36)42(50)53-39(43(44,45)46)22-20-18-16-13-11-9-7-5-2/h23-28,30-32,39H,4-22,29H2,1-3H3/t39-/m0/s1. The summed E-state index contributed by atoms with van der Waals surface area (Å²) in [7, 11) is 0. The third kappa shape index (κ3) is 16.7. The van der Waals surface area contributed by atoms with Gasteiger partial charge >= 0.3 is 18.1 Å². The molecular weight excluding hydrogens is 681 g/mol. The molecule has 0 aliphatic carbocycles. The molecule has 3 rings (SSSR count). The van der Waals surface area contributed by atoms with Crippen LogP contribution in [0.2, 0.25) is 0 Å². The summed E-state index contributed by atoms with van der Waals surface area (Å²) in [5, 5.41) is 0. The molecular formula is C43H59F3N2O5. The quantitative estimate of drug-likeness (QED) is 0.0460. The predicted molar refractivity (Wildman–Crippen MR) is 203 cm³/mol. The fourth-order valence-corrected chi connectivity index (χ4v) is 6.12. The number of carbonyl (C=O) groups is 2. The number of aryl methyl sites for hydroxylation is 1. The van der Waals surface area contributed by atoms with Crippen LogP contribution in [-0.4, -0.2) is 40.8 Å². The Labute approximate surface area is 314 Å². The van der Waals surface area contributed by atoms with Crippen LogP contribution in [0.5, 0.6) is 11.5 Å². The number of carbonyl (C=O) groups excluding carboxylic acids is 2. The lowest BCUT2D eigenvalue weighted by atomic mass is 10.0. The second-order valence-corrected chi connectivity index (χ2v) is 13.9. The van der Waals surface area contributed by atoms with Crippen molar-refractivity contribution in [2.75, 3.05) is 6.61 Å². The van der Waals surface area contributed by atoms with Gasteiger partial charge in [0.25, 0.3) is 0 Å². The first-order chi connectivity index (χ1) is 25.6. The third-order valence-electron chi connectivity index (χ3n) is 9.34. The normalized spacial score (nSPS) is 12.0. The minimum absolute atomic E-state index is 0.0189. The molecule has 0 N–H and O–H groups in total. The second-order valence-electron chi connectivity index (χ2n) is 13.9. The highest BCUT2D eigenvalue weighted by atomic mass is 19.4. The van der Waals surface area contributed by atoms with E-state index in [0.717, 1.165) is 44.9 Å². The number of nitrogens with zero attached hydrogens (tertiary/aromatic N) is 2. The number of esters is 2. The summed E-state index contributed by atoms with van der Waals surface area (Å²) in [5.74, 6) is -0.450. The summed E-state index contributed by atoms with van der Waals surface area (Å²) in [6.07, 6.45) is 16.2. The number of hydrogen-bond acceptors (Lipinski definition) is 7. The Morgan fingerprint density at radius 1 is 0.660 bits per heavy atom. The molecule has 0 amide bonds. The molecule has 53 heavy (non-hydrogen) atoms. The Kier molecular flexibility index (Phi) is 20.0. The van der Waals surface area contributed by atoms with E-state index in [1.807, 2.05) is 0 Å². The molecule has 292 valence electrons. The first-order valence-electron chi connectivity index (χ1n) is 19.8. The zero-order valence-electron chi connectivity index (χ0n) is 32.0. The molecule has 1 aromatic heterocycles. The van der Waals surface area contributed by atoms with Crippen molar-refractivity contribution in [2.45, 2.75) is 155 Å². The van der Waals surface area contributed by atoms with Gasteiger partial charge in [0.1, 0.15) is 5.75 Å². The van der Waals surface area contributed by atoms with Crippen molar-refractivity contribution in [1.29, 1.82) is 0 Å². The Morgan fingerprint density at radius 2 is 1.19 bits per heavy atom. The second kappa shape index (κ2) is 24.4. The Morgan fingerprint density at radius 3 is 1.72 bits per heavy atom. The molecule has 0 saturated heterocycles. The Balaban J connectivity index is 1.42. The van der Waals surface area contributed by atoms with E-state index in [2.05, 4.69) is 23.8 Å². The highest BCUT2D eigenvalue weighted by Gasteiger charge is 2.42. The van der Waals surface area contributed by atoms with Gasteiger partial charge in [0.05, 0.1) is 30.1 Å². The van der Waals surface area contributed by atoms with Crippen LogP contribution in [0.3, 0.4) is 0 Å². The van der Waals surface area contributed by atoms with Gasteiger partial charge in [-0.15, -0.1) is 0 Å². The monoisotopic (exact) mass is 740 g/mol. The van der Waals surface area contributed by atoms with E-state index in [9.17, 15) is 22.8 Å². The first kappa shape index (κ1) is 43.5. The minimum Gasteiger partial charge on any atom is -0.490 e. The van der Waals surface area contributed by atoms with Crippen LogP contribution in [0.15, 0.2) is 54.9 Å². The average Bonchev–Trinajstić information content (AvgIpc) is 3.14. The summed E-state index contributed by atoms with van der Waals surface area (Å²) in [4.78, 5) is 34.4. The maximum absolute atomic E-state index is 13.7. The van der Waals surface area contributed by atoms with Gasteiger partial charge in [-0.1, -0.05) is 129 Å². The lowest BCUT2D eigenvalue weighted by Gasteiger charge is -2.21. The molecule has 0 aliphatic rings. The summed E-state index contributed by atoms with van der Waals surface area (Å²) >= 11 is 0. The van der Waals surface area contributed by atoms with E-state index >= 15 is 0 Å². The van der Waals surface area contributed by atoms with Gasteiger partial charge in [0.15, 0.2) is 17.7 Å². The van der Waals surface area contributed by atoms with Crippen molar-refractivity contribution >= 4 is 11.9 Å². The number of benzene rings is 2. The van der Waals surface area contributed by atoms with E-state index in [0.29, 0.717) is 42.1 Å². The third-order valence-corrected chi connectivity index (χ3v) is 9.34. The van der Waals surface area contributed by atoms with Gasteiger partial charge in [-0.25, -0.2) is 19.6 Å². The van der Waals surface area contributed by atoms with E-state index in [1.165, 1.54) is 76.0 Å². The summed E-state index contributed by atoms with van der Waals surface area (Å²) in [5.41, 5.74) is 1.30. The van der Waals surface area contributed by atoms with Gasteiger partial charge in [0, 0.05) is 5.56 Å². The van der Waals surface area contributed by atoms with Crippen LogP contribution in [0.25, 0.3) is 11.4 Å². The summed E-state index contributed by atoms with van der Waals surface area (Å²) < 4.78 is 57.3. The van der Waals surface area contributed by atoms with Gasteiger partial charge in [0.2, 0.25) is 0 Å². The van der Waals surface area contributed by atoms with Gasteiger partial charge in [-0.3, -0.25) is 0 Å². The van der Waals surface area contributed by atoms with Crippen molar-refractivity contribution < 1.29 is 37.0 Å². The average molecular weight is 741 g/mol. The van der Waals surface area contributed by atoms with Gasteiger partial charge in [-0.05, 0) is 62.1 Å². The molecule has 1 atom stereocenters. The van der Waals surface area contributed by atoms with E-state index in [4.69, 9.17) is 14.2 Å². The molecule has 7 nitrogen and oxygen atoms in total. The molecule has 10 heteroatoms. The number of hydrogen-bond donors (Lipinski definition) is 0. The zero-order valence-corrected chi connectivity index (χ0v) is 32.0. The molecule has 0 aliphatic heterocycles. The Hall–Kier alpha value is -3.95. The number of halogens is 3. The Bertz CT molecular complexity index is 1480. The SMILES string of the molecule is CCCCCCCCCCCCOc1cnc(-c2ccc(C(=O)Oc3ccc(C(=O)O[C@@H](CCCCCCCCCC)C(F)(F)F)c(C)c3)cc2)nc1. The zero-order chi connectivity index (χ0) is 38.3. The van der Waals surface area contributed by atoms with E-state index in [-0.39, 0.29) is 23.3 Å². The number of ether oxygens (including phenoxy) is 3. The fraction of sp³-hybridized carbons (Fsp3) is 0.581. The molecule has 0 unspecified atom stereocenters. The van der Waals surface area contributed by atoms with Crippen LogP contribution in [-0.2, 0) is 4.74 Å². The topological polar surface area (TPSA) is 87.6 Å². The van der Waals surface area contributed by atoms with Gasteiger partial charge in [-0.2, -0.15) is 13.2 Å². The van der Waals surface area contributed by atoms with Crippen molar-refractivity contribution in [3.8, 4) is 22.9 Å². The maximum Gasteiger partial charge on any atom is 0.425 e. The molecule has 1 heterocycles. The number of rotatable bonds is 26.